The third kappa shape index (κ3) is 3.89. The predicted molar refractivity (Wildman–Crippen MR) is 91.0 cm³/mol. The first kappa shape index (κ1) is 17.6. The first-order valence-corrected chi connectivity index (χ1v) is 8.30. The smallest absolute Gasteiger partial charge is 0.335 e. The topological polar surface area (TPSA) is 82.7 Å². The lowest BCUT2D eigenvalue weighted by molar-refractivity contribution is -0.0357. The molecular weight excluding hydrogens is 324 g/mol. The van der Waals surface area contributed by atoms with E-state index in [1.54, 1.807) is 0 Å². The predicted octanol–water partition coefficient (Wildman–Crippen LogP) is 1.10. The molecule has 1 fully saturated rings. The Morgan fingerprint density at radius 2 is 2.00 bits per heavy atom. The van der Waals surface area contributed by atoms with Crippen LogP contribution in [-0.4, -0.2) is 27.0 Å². The summed E-state index contributed by atoms with van der Waals surface area (Å²) in [5, 5.41) is 9.25. The van der Waals surface area contributed by atoms with E-state index in [-0.39, 0.29) is 25.4 Å². The highest BCUT2D eigenvalue weighted by Crippen LogP contribution is 2.32. The molecule has 1 aliphatic rings. The van der Waals surface area contributed by atoms with Crippen LogP contribution in [0.15, 0.2) is 52.2 Å². The number of nitrogens with zero attached hydrogens (tertiary/aromatic N) is 2. The fourth-order valence-corrected chi connectivity index (χ4v) is 3.05. The zero-order chi connectivity index (χ0) is 17.8. The third-order valence-electron chi connectivity index (χ3n) is 4.36. The summed E-state index contributed by atoms with van der Waals surface area (Å²) < 4.78 is 13.7. The van der Waals surface area contributed by atoms with Crippen molar-refractivity contribution in [3.63, 3.8) is 0 Å². The van der Waals surface area contributed by atoms with Crippen molar-refractivity contribution >= 4 is 0 Å². The quantitative estimate of drug-likeness (QED) is 0.847. The van der Waals surface area contributed by atoms with Crippen molar-refractivity contribution in [2.75, 3.05) is 6.61 Å². The SMILES string of the molecule is C[C@H]1C[C@@H](CO)O[C@H]1n1ccc(=O)n(COCc2ccccc2)c1=O. The number of rotatable bonds is 6. The molecule has 1 N–H and O–H groups in total. The largest absolute Gasteiger partial charge is 0.394 e. The van der Waals surface area contributed by atoms with E-state index in [4.69, 9.17) is 9.47 Å². The maximum absolute atomic E-state index is 12.7. The van der Waals surface area contributed by atoms with E-state index in [1.165, 1.54) is 16.8 Å². The van der Waals surface area contributed by atoms with Crippen LogP contribution in [-0.2, 0) is 22.8 Å². The summed E-state index contributed by atoms with van der Waals surface area (Å²) in [4.78, 5) is 24.7. The standard InChI is InChI=1S/C18H22N2O5/c1-13-9-15(10-21)25-17(13)19-8-7-16(22)20(18(19)23)12-24-11-14-5-3-2-4-6-14/h2-8,13,15,17,21H,9-12H2,1H3/t13-,15-,17+/m0/s1. The summed E-state index contributed by atoms with van der Waals surface area (Å²) in [5.41, 5.74) is 0.0695. The Morgan fingerprint density at radius 3 is 2.68 bits per heavy atom. The second-order valence-electron chi connectivity index (χ2n) is 6.28. The van der Waals surface area contributed by atoms with Crippen LogP contribution in [0.2, 0.25) is 0 Å². The van der Waals surface area contributed by atoms with Crippen LogP contribution in [0.1, 0.15) is 25.1 Å². The molecule has 0 spiro atoms. The molecule has 0 aliphatic carbocycles. The lowest BCUT2D eigenvalue weighted by Crippen LogP contribution is -2.41. The molecule has 1 aliphatic heterocycles. The van der Waals surface area contributed by atoms with Gasteiger partial charge in [-0.05, 0) is 12.0 Å². The molecule has 0 radical (unpaired) electrons. The number of aliphatic hydroxyl groups excluding tert-OH is 1. The van der Waals surface area contributed by atoms with Gasteiger partial charge in [0.15, 0.2) is 0 Å². The number of hydrogen-bond acceptors (Lipinski definition) is 5. The van der Waals surface area contributed by atoms with Crippen molar-refractivity contribution in [2.24, 2.45) is 5.92 Å². The fourth-order valence-electron chi connectivity index (χ4n) is 3.05. The van der Waals surface area contributed by atoms with E-state index in [2.05, 4.69) is 0 Å². The van der Waals surface area contributed by atoms with E-state index >= 15 is 0 Å². The average molecular weight is 346 g/mol. The fraction of sp³-hybridized carbons (Fsp3) is 0.444. The summed E-state index contributed by atoms with van der Waals surface area (Å²) in [7, 11) is 0. The summed E-state index contributed by atoms with van der Waals surface area (Å²) >= 11 is 0. The van der Waals surface area contributed by atoms with Gasteiger partial charge >= 0.3 is 5.69 Å². The van der Waals surface area contributed by atoms with Gasteiger partial charge in [0, 0.05) is 18.2 Å². The Morgan fingerprint density at radius 1 is 1.24 bits per heavy atom. The summed E-state index contributed by atoms with van der Waals surface area (Å²) in [6, 6.07) is 10.9. The van der Waals surface area contributed by atoms with Crippen LogP contribution in [0, 0.1) is 5.92 Å². The molecular formula is C18H22N2O5. The van der Waals surface area contributed by atoms with Crippen LogP contribution >= 0.6 is 0 Å². The minimum Gasteiger partial charge on any atom is -0.394 e. The van der Waals surface area contributed by atoms with Gasteiger partial charge in [0.2, 0.25) is 0 Å². The molecule has 7 nitrogen and oxygen atoms in total. The Kier molecular flexibility index (Phi) is 5.47. The van der Waals surface area contributed by atoms with Gasteiger partial charge in [-0.15, -0.1) is 0 Å². The van der Waals surface area contributed by atoms with Gasteiger partial charge in [0.05, 0.1) is 19.3 Å². The molecule has 0 amide bonds. The summed E-state index contributed by atoms with van der Waals surface area (Å²) in [6.07, 6.45) is 1.32. The Hall–Kier alpha value is -2.22. The van der Waals surface area contributed by atoms with Crippen molar-refractivity contribution in [3.05, 3.63) is 69.0 Å². The van der Waals surface area contributed by atoms with E-state index in [0.717, 1.165) is 10.1 Å². The molecule has 1 aromatic carbocycles. The number of ether oxygens (including phenoxy) is 2. The maximum Gasteiger partial charge on any atom is 0.335 e. The van der Waals surface area contributed by atoms with Crippen molar-refractivity contribution in [1.82, 2.24) is 9.13 Å². The van der Waals surface area contributed by atoms with Crippen molar-refractivity contribution in [2.45, 2.75) is 39.0 Å². The average Bonchev–Trinajstić information content (AvgIpc) is 2.99. The third-order valence-corrected chi connectivity index (χ3v) is 4.36. The van der Waals surface area contributed by atoms with Gasteiger partial charge in [-0.2, -0.15) is 0 Å². The number of hydrogen-bond donors (Lipinski definition) is 1. The van der Waals surface area contributed by atoms with E-state index in [1.807, 2.05) is 37.3 Å². The van der Waals surface area contributed by atoms with E-state index in [0.29, 0.717) is 13.0 Å². The molecule has 3 atom stereocenters. The van der Waals surface area contributed by atoms with Gasteiger partial charge in [-0.3, -0.25) is 9.36 Å². The zero-order valence-corrected chi connectivity index (χ0v) is 14.1. The Labute approximate surface area is 145 Å². The van der Waals surface area contributed by atoms with Crippen molar-refractivity contribution in [3.8, 4) is 0 Å². The summed E-state index contributed by atoms with van der Waals surface area (Å²) in [5.74, 6) is 0.0611. The Balaban J connectivity index is 1.76. The molecule has 0 saturated carbocycles. The molecule has 1 aromatic heterocycles. The molecule has 2 aromatic rings. The lowest BCUT2D eigenvalue weighted by atomic mass is 10.1. The van der Waals surface area contributed by atoms with Gasteiger partial charge in [0.1, 0.15) is 13.0 Å². The maximum atomic E-state index is 12.7. The second kappa shape index (κ2) is 7.77. The molecule has 2 heterocycles. The first-order chi connectivity index (χ1) is 12.1. The van der Waals surface area contributed by atoms with Crippen LogP contribution in [0.25, 0.3) is 0 Å². The molecule has 1 saturated heterocycles. The molecule has 134 valence electrons. The molecule has 3 rings (SSSR count). The summed E-state index contributed by atoms with van der Waals surface area (Å²) in [6.45, 7) is 2.05. The van der Waals surface area contributed by atoms with Crippen LogP contribution in [0.5, 0.6) is 0 Å². The van der Waals surface area contributed by atoms with Crippen LogP contribution < -0.4 is 11.2 Å². The van der Waals surface area contributed by atoms with Crippen molar-refractivity contribution in [1.29, 1.82) is 0 Å². The molecule has 7 heteroatoms. The van der Waals surface area contributed by atoms with Gasteiger partial charge < -0.3 is 14.6 Å². The minimum absolute atomic E-state index is 0.0611. The molecule has 25 heavy (non-hydrogen) atoms. The normalized spacial score (nSPS) is 23.0. The van der Waals surface area contributed by atoms with E-state index < -0.39 is 17.5 Å². The molecule has 0 unspecified atom stereocenters. The highest BCUT2D eigenvalue weighted by Gasteiger charge is 2.33. The van der Waals surface area contributed by atoms with Gasteiger partial charge in [0.25, 0.3) is 5.56 Å². The monoisotopic (exact) mass is 346 g/mol. The minimum atomic E-state index is -0.495. The lowest BCUT2D eigenvalue weighted by Gasteiger charge is -2.19. The van der Waals surface area contributed by atoms with E-state index in [9.17, 15) is 14.7 Å². The van der Waals surface area contributed by atoms with Crippen molar-refractivity contribution < 1.29 is 14.6 Å². The number of aliphatic hydroxyl groups is 1. The number of benzene rings is 1. The first-order valence-electron chi connectivity index (χ1n) is 8.30. The van der Waals surface area contributed by atoms with Crippen LogP contribution in [0.3, 0.4) is 0 Å². The van der Waals surface area contributed by atoms with Gasteiger partial charge in [-0.1, -0.05) is 37.3 Å². The highest BCUT2D eigenvalue weighted by atomic mass is 16.5. The second-order valence-corrected chi connectivity index (χ2v) is 6.28. The highest BCUT2D eigenvalue weighted by molar-refractivity contribution is 5.13. The zero-order valence-electron chi connectivity index (χ0n) is 14.1. The van der Waals surface area contributed by atoms with Gasteiger partial charge in [-0.25, -0.2) is 9.36 Å². The molecule has 0 bridgehead atoms. The Bertz CT molecular complexity index is 814. The number of aromatic nitrogens is 2. The van der Waals surface area contributed by atoms with Crippen LogP contribution in [0.4, 0.5) is 0 Å².